The van der Waals surface area contributed by atoms with Crippen LogP contribution in [0.4, 0.5) is 0 Å². The Labute approximate surface area is 148 Å². The number of aryl methyl sites for hydroxylation is 1. The summed E-state index contributed by atoms with van der Waals surface area (Å²) in [6.07, 6.45) is 5.01. The summed E-state index contributed by atoms with van der Waals surface area (Å²) in [6, 6.07) is 4.46. The van der Waals surface area contributed by atoms with E-state index in [1.54, 1.807) is 14.2 Å². The van der Waals surface area contributed by atoms with Crippen LogP contribution < -0.4 is 9.47 Å². The van der Waals surface area contributed by atoms with Crippen LogP contribution >= 0.6 is 22.6 Å². The van der Waals surface area contributed by atoms with E-state index < -0.39 is 0 Å². The fourth-order valence-corrected chi connectivity index (χ4v) is 5.73. The number of hydrogen-bond acceptors (Lipinski definition) is 2. The van der Waals surface area contributed by atoms with Gasteiger partial charge in [0.2, 0.25) is 0 Å². The predicted octanol–water partition coefficient (Wildman–Crippen LogP) is 5.15. The van der Waals surface area contributed by atoms with E-state index in [0.717, 1.165) is 27.8 Å². The summed E-state index contributed by atoms with van der Waals surface area (Å²) in [7, 11) is 3.46. The first-order valence-electron chi connectivity index (χ1n) is 8.24. The molecule has 122 valence electrons. The van der Waals surface area contributed by atoms with Crippen LogP contribution in [-0.2, 0) is 11.8 Å². The van der Waals surface area contributed by atoms with Gasteiger partial charge in [0, 0.05) is 3.92 Å². The molecule has 0 heterocycles. The van der Waals surface area contributed by atoms with Gasteiger partial charge in [-0.3, -0.25) is 0 Å². The molecule has 2 aliphatic carbocycles. The van der Waals surface area contributed by atoms with Crippen molar-refractivity contribution in [1.29, 1.82) is 0 Å². The van der Waals surface area contributed by atoms with Gasteiger partial charge >= 0.3 is 0 Å². The smallest absolute Gasteiger partial charge is 0.161 e. The summed E-state index contributed by atoms with van der Waals surface area (Å²) in [5.41, 5.74) is 3.60. The van der Waals surface area contributed by atoms with E-state index in [-0.39, 0.29) is 5.41 Å². The summed E-state index contributed by atoms with van der Waals surface area (Å²) in [5, 5.41) is 0. The zero-order valence-corrected chi connectivity index (χ0v) is 16.5. The molecule has 1 fully saturated rings. The van der Waals surface area contributed by atoms with Crippen LogP contribution in [0.15, 0.2) is 12.1 Å². The van der Waals surface area contributed by atoms with Crippen molar-refractivity contribution in [1.82, 2.24) is 0 Å². The molecular formula is C19H27IO2. The first-order chi connectivity index (χ1) is 10.3. The highest BCUT2D eigenvalue weighted by molar-refractivity contribution is 14.1. The van der Waals surface area contributed by atoms with Gasteiger partial charge in [-0.2, -0.15) is 0 Å². The molecule has 1 saturated carbocycles. The molecule has 0 amide bonds. The van der Waals surface area contributed by atoms with Gasteiger partial charge in [-0.05, 0) is 65.7 Å². The Hall–Kier alpha value is -0.450. The Kier molecular flexibility index (Phi) is 4.15. The lowest BCUT2D eigenvalue weighted by molar-refractivity contribution is 0.0518. The Morgan fingerprint density at radius 2 is 1.68 bits per heavy atom. The summed E-state index contributed by atoms with van der Waals surface area (Å²) >= 11 is 2.68. The van der Waals surface area contributed by atoms with Crippen molar-refractivity contribution < 1.29 is 9.47 Å². The quantitative estimate of drug-likeness (QED) is 0.493. The molecule has 0 aromatic heterocycles. The van der Waals surface area contributed by atoms with Gasteiger partial charge in [0.05, 0.1) is 14.2 Å². The molecule has 0 saturated heterocycles. The molecule has 3 rings (SSSR count). The monoisotopic (exact) mass is 414 g/mol. The number of hydrogen-bond donors (Lipinski definition) is 0. The molecule has 2 aliphatic rings. The molecule has 1 unspecified atom stereocenters. The van der Waals surface area contributed by atoms with Crippen molar-refractivity contribution >= 4 is 22.6 Å². The fourth-order valence-electron chi connectivity index (χ4n) is 4.98. The SMILES string of the molecule is COc1cc2c(cc1OC)[C@@]1(C)CC[C@H](I)C(C)(C)C1CC2. The number of ether oxygens (including phenoxy) is 2. The van der Waals surface area contributed by atoms with E-state index in [0.29, 0.717) is 5.41 Å². The third kappa shape index (κ3) is 2.26. The highest BCUT2D eigenvalue weighted by Crippen LogP contribution is 2.59. The predicted molar refractivity (Wildman–Crippen MR) is 99.5 cm³/mol. The van der Waals surface area contributed by atoms with Gasteiger partial charge < -0.3 is 9.47 Å². The number of halogens is 1. The van der Waals surface area contributed by atoms with Gasteiger partial charge in [0.25, 0.3) is 0 Å². The van der Waals surface area contributed by atoms with E-state index >= 15 is 0 Å². The van der Waals surface area contributed by atoms with Crippen molar-refractivity contribution in [2.75, 3.05) is 14.2 Å². The zero-order valence-electron chi connectivity index (χ0n) is 14.3. The second kappa shape index (κ2) is 5.57. The molecule has 0 radical (unpaired) electrons. The van der Waals surface area contributed by atoms with E-state index in [2.05, 4.69) is 55.5 Å². The van der Waals surface area contributed by atoms with E-state index in [4.69, 9.17) is 9.47 Å². The number of rotatable bonds is 2. The van der Waals surface area contributed by atoms with Gasteiger partial charge in [-0.15, -0.1) is 0 Å². The zero-order chi connectivity index (χ0) is 16.1. The maximum Gasteiger partial charge on any atom is 0.161 e. The molecule has 2 nitrogen and oxygen atoms in total. The van der Waals surface area contributed by atoms with Crippen LogP contribution in [0.3, 0.4) is 0 Å². The normalized spacial score (nSPS) is 32.8. The molecule has 0 spiro atoms. The minimum absolute atomic E-state index is 0.262. The average Bonchev–Trinajstić information content (AvgIpc) is 2.50. The van der Waals surface area contributed by atoms with E-state index in [9.17, 15) is 0 Å². The molecule has 0 N–H and O–H groups in total. The van der Waals surface area contributed by atoms with Crippen molar-refractivity contribution in [2.45, 2.75) is 55.8 Å². The van der Waals surface area contributed by atoms with Crippen molar-refractivity contribution in [3.05, 3.63) is 23.3 Å². The lowest BCUT2D eigenvalue weighted by atomic mass is 9.50. The van der Waals surface area contributed by atoms with Crippen LogP contribution in [0, 0.1) is 11.3 Å². The number of benzene rings is 1. The third-order valence-corrected chi connectivity index (χ3v) is 8.55. The lowest BCUT2D eigenvalue weighted by Crippen LogP contribution is -2.52. The Morgan fingerprint density at radius 3 is 2.32 bits per heavy atom. The first kappa shape index (κ1) is 16.4. The maximum atomic E-state index is 5.57. The minimum Gasteiger partial charge on any atom is -0.493 e. The number of methoxy groups -OCH3 is 2. The molecule has 3 atom stereocenters. The summed E-state index contributed by atoms with van der Waals surface area (Å²) in [5.74, 6) is 2.48. The largest absolute Gasteiger partial charge is 0.493 e. The summed E-state index contributed by atoms with van der Waals surface area (Å²) in [6.45, 7) is 7.42. The minimum atomic E-state index is 0.262. The summed E-state index contributed by atoms with van der Waals surface area (Å²) < 4.78 is 11.8. The number of alkyl halides is 1. The maximum absolute atomic E-state index is 5.57. The van der Waals surface area contributed by atoms with Gasteiger partial charge in [0.15, 0.2) is 11.5 Å². The van der Waals surface area contributed by atoms with E-state index in [1.807, 2.05) is 0 Å². The highest BCUT2D eigenvalue weighted by Gasteiger charge is 2.53. The number of fused-ring (bicyclic) bond motifs is 3. The highest BCUT2D eigenvalue weighted by atomic mass is 127. The van der Waals surface area contributed by atoms with Crippen LogP contribution in [0.5, 0.6) is 11.5 Å². The molecule has 0 aliphatic heterocycles. The Balaban J connectivity index is 2.12. The van der Waals surface area contributed by atoms with E-state index in [1.165, 1.54) is 30.4 Å². The molecule has 1 aromatic carbocycles. The van der Waals surface area contributed by atoms with Crippen LogP contribution in [0.25, 0.3) is 0 Å². The second-order valence-corrected chi connectivity index (χ2v) is 9.20. The fraction of sp³-hybridized carbons (Fsp3) is 0.684. The molecule has 0 bridgehead atoms. The molecule has 3 heteroatoms. The second-order valence-electron chi connectivity index (χ2n) is 7.70. The Morgan fingerprint density at radius 1 is 1.05 bits per heavy atom. The summed E-state index contributed by atoms with van der Waals surface area (Å²) in [4.78, 5) is 0. The van der Waals surface area contributed by atoms with Gasteiger partial charge in [0.1, 0.15) is 0 Å². The molecule has 1 aromatic rings. The van der Waals surface area contributed by atoms with Crippen molar-refractivity contribution in [3.8, 4) is 11.5 Å². The van der Waals surface area contributed by atoms with Crippen LogP contribution in [-0.4, -0.2) is 18.1 Å². The topological polar surface area (TPSA) is 18.5 Å². The standard InChI is InChI=1S/C19H27IO2/c1-18(2)16-7-6-12-10-14(21-4)15(22-5)11-13(12)19(16,3)9-8-17(18)20/h10-11,16-17H,6-9H2,1-5H3/t16?,17-,19+/m0/s1. The van der Waals surface area contributed by atoms with Crippen molar-refractivity contribution in [3.63, 3.8) is 0 Å². The molecule has 22 heavy (non-hydrogen) atoms. The first-order valence-corrected chi connectivity index (χ1v) is 9.48. The average molecular weight is 414 g/mol. The lowest BCUT2D eigenvalue weighted by Gasteiger charge is -2.56. The molecular weight excluding hydrogens is 387 g/mol. The third-order valence-electron chi connectivity index (χ3n) is 6.32. The van der Waals surface area contributed by atoms with Crippen LogP contribution in [0.2, 0.25) is 0 Å². The Bertz CT molecular complexity index is 581. The van der Waals surface area contributed by atoms with Gasteiger partial charge in [-0.1, -0.05) is 43.4 Å². The van der Waals surface area contributed by atoms with Crippen LogP contribution in [0.1, 0.15) is 51.2 Å². The van der Waals surface area contributed by atoms with Crippen molar-refractivity contribution in [2.24, 2.45) is 11.3 Å². The van der Waals surface area contributed by atoms with Gasteiger partial charge in [-0.25, -0.2) is 0 Å².